The Balaban J connectivity index is 2.72. The van der Waals surface area contributed by atoms with E-state index in [1.165, 1.54) is 24.3 Å². The molecule has 8 heteroatoms. The number of halogens is 1. The molecular formula is C13H12ClN3O4. The molecule has 0 saturated carbocycles. The van der Waals surface area contributed by atoms with Crippen LogP contribution in [0.5, 0.6) is 0 Å². The lowest BCUT2D eigenvalue weighted by Crippen LogP contribution is -2.36. The van der Waals surface area contributed by atoms with Gasteiger partial charge in [0.1, 0.15) is 5.15 Å². The number of aromatic nitrogens is 2. The molecule has 1 aromatic carbocycles. The Hall–Kier alpha value is -2.41. The Morgan fingerprint density at radius 3 is 2.71 bits per heavy atom. The molecule has 0 aliphatic rings. The molecule has 0 fully saturated rings. The van der Waals surface area contributed by atoms with Crippen molar-refractivity contribution in [3.05, 3.63) is 65.9 Å². The molecule has 2 aromatic rings. The summed E-state index contributed by atoms with van der Waals surface area (Å²) in [6, 6.07) is 5.31. The molecule has 0 amide bonds. The molecular weight excluding hydrogens is 298 g/mol. The van der Waals surface area contributed by atoms with Crippen molar-refractivity contribution < 1.29 is 4.92 Å². The molecule has 0 bridgehead atoms. The summed E-state index contributed by atoms with van der Waals surface area (Å²) in [5.41, 5.74) is -1.09. The van der Waals surface area contributed by atoms with Crippen molar-refractivity contribution in [2.45, 2.75) is 19.8 Å². The van der Waals surface area contributed by atoms with E-state index in [0.717, 1.165) is 4.57 Å². The zero-order chi connectivity index (χ0) is 15.6. The third-order valence-corrected chi connectivity index (χ3v) is 3.27. The minimum Gasteiger partial charge on any atom is -0.297 e. The van der Waals surface area contributed by atoms with Crippen LogP contribution in [0.4, 0.5) is 5.69 Å². The molecule has 2 rings (SSSR count). The van der Waals surface area contributed by atoms with E-state index in [0.29, 0.717) is 12.8 Å². The second-order valence-corrected chi connectivity index (χ2v) is 4.77. The van der Waals surface area contributed by atoms with Crippen LogP contribution >= 0.6 is 11.6 Å². The second-order valence-electron chi connectivity index (χ2n) is 4.39. The first kappa shape index (κ1) is 15.0. The number of aromatic amines is 1. The second kappa shape index (κ2) is 5.92. The lowest BCUT2D eigenvalue weighted by Gasteiger charge is -2.08. The first-order valence-electron chi connectivity index (χ1n) is 6.24. The van der Waals surface area contributed by atoms with Gasteiger partial charge >= 0.3 is 5.69 Å². The zero-order valence-corrected chi connectivity index (χ0v) is 11.9. The van der Waals surface area contributed by atoms with Crippen molar-refractivity contribution in [1.82, 2.24) is 9.55 Å². The first-order chi connectivity index (χ1) is 9.95. The van der Waals surface area contributed by atoms with Crippen molar-refractivity contribution in [3.8, 4) is 5.69 Å². The van der Waals surface area contributed by atoms with E-state index in [9.17, 15) is 19.7 Å². The Bertz CT molecular complexity index is 810. The molecule has 0 unspecified atom stereocenters. The zero-order valence-electron chi connectivity index (χ0n) is 11.1. The molecule has 110 valence electrons. The lowest BCUT2D eigenvalue weighted by atomic mass is 10.2. The standard InChI is InChI=1S/C13H12ClN3O4/c1-2-4-10-11(14)15-13(19)16(12(10)18)8-5-3-6-9(7-8)17(20)21/h3,5-7H,2,4H2,1H3,(H,15,19). The smallest absolute Gasteiger partial charge is 0.297 e. The summed E-state index contributed by atoms with van der Waals surface area (Å²) in [5, 5.41) is 10.8. The number of rotatable bonds is 4. The number of nitro groups is 1. The van der Waals surface area contributed by atoms with Crippen LogP contribution in [0, 0.1) is 10.1 Å². The van der Waals surface area contributed by atoms with Gasteiger partial charge in [0.25, 0.3) is 11.2 Å². The van der Waals surface area contributed by atoms with Gasteiger partial charge in [-0.2, -0.15) is 0 Å². The van der Waals surface area contributed by atoms with Gasteiger partial charge < -0.3 is 0 Å². The fourth-order valence-electron chi connectivity index (χ4n) is 1.99. The summed E-state index contributed by atoms with van der Waals surface area (Å²) in [4.78, 5) is 36.9. The molecule has 0 radical (unpaired) electrons. The first-order valence-corrected chi connectivity index (χ1v) is 6.62. The van der Waals surface area contributed by atoms with E-state index in [2.05, 4.69) is 4.98 Å². The van der Waals surface area contributed by atoms with E-state index in [1.807, 2.05) is 6.92 Å². The van der Waals surface area contributed by atoms with Gasteiger partial charge in [-0.15, -0.1) is 0 Å². The number of H-pyrrole nitrogens is 1. The normalized spacial score (nSPS) is 10.6. The van der Waals surface area contributed by atoms with Crippen LogP contribution in [0.1, 0.15) is 18.9 Å². The van der Waals surface area contributed by atoms with E-state index in [4.69, 9.17) is 11.6 Å². The monoisotopic (exact) mass is 309 g/mol. The van der Waals surface area contributed by atoms with Crippen LogP contribution in [-0.4, -0.2) is 14.5 Å². The number of non-ortho nitro benzene ring substituents is 1. The predicted octanol–water partition coefficient (Wildman–Crippen LogP) is 2.04. The third-order valence-electron chi connectivity index (χ3n) is 2.94. The number of nitrogens with zero attached hydrogens (tertiary/aromatic N) is 2. The van der Waals surface area contributed by atoms with Crippen molar-refractivity contribution in [3.63, 3.8) is 0 Å². The Morgan fingerprint density at radius 1 is 1.38 bits per heavy atom. The molecule has 0 atom stereocenters. The maximum atomic E-state index is 12.4. The molecule has 1 heterocycles. The average molecular weight is 310 g/mol. The number of nitro benzene ring substituents is 1. The minimum atomic E-state index is -0.731. The molecule has 0 aliphatic carbocycles. The van der Waals surface area contributed by atoms with Crippen molar-refractivity contribution in [2.75, 3.05) is 0 Å². The largest absolute Gasteiger partial charge is 0.334 e. The van der Waals surface area contributed by atoms with Gasteiger partial charge in [-0.05, 0) is 12.5 Å². The van der Waals surface area contributed by atoms with Crippen LogP contribution in [0.2, 0.25) is 5.15 Å². The van der Waals surface area contributed by atoms with Crippen LogP contribution in [0.15, 0.2) is 33.9 Å². The summed E-state index contributed by atoms with van der Waals surface area (Å²) in [7, 11) is 0. The fourth-order valence-corrected chi connectivity index (χ4v) is 2.25. The number of hydrogen-bond acceptors (Lipinski definition) is 4. The van der Waals surface area contributed by atoms with Crippen LogP contribution in [0.25, 0.3) is 5.69 Å². The highest BCUT2D eigenvalue weighted by Gasteiger charge is 2.15. The summed E-state index contributed by atoms with van der Waals surface area (Å²) in [6.45, 7) is 1.87. The molecule has 0 aliphatic heterocycles. The van der Waals surface area contributed by atoms with Gasteiger partial charge in [-0.1, -0.05) is 31.0 Å². The van der Waals surface area contributed by atoms with Crippen LogP contribution < -0.4 is 11.2 Å². The van der Waals surface area contributed by atoms with Crippen molar-refractivity contribution >= 4 is 17.3 Å². The predicted molar refractivity (Wildman–Crippen MR) is 78.3 cm³/mol. The summed E-state index contributed by atoms with van der Waals surface area (Å²) in [5.74, 6) is 0. The summed E-state index contributed by atoms with van der Waals surface area (Å²) >= 11 is 5.88. The van der Waals surface area contributed by atoms with E-state index < -0.39 is 16.2 Å². The average Bonchev–Trinajstić information content (AvgIpc) is 2.43. The Morgan fingerprint density at radius 2 is 2.10 bits per heavy atom. The van der Waals surface area contributed by atoms with E-state index in [1.54, 1.807) is 0 Å². The van der Waals surface area contributed by atoms with Gasteiger partial charge in [0.2, 0.25) is 0 Å². The molecule has 7 nitrogen and oxygen atoms in total. The van der Waals surface area contributed by atoms with Gasteiger partial charge in [0.15, 0.2) is 0 Å². The third kappa shape index (κ3) is 2.87. The number of nitrogens with one attached hydrogen (secondary N) is 1. The maximum Gasteiger partial charge on any atom is 0.334 e. The maximum absolute atomic E-state index is 12.4. The van der Waals surface area contributed by atoms with Gasteiger partial charge in [0.05, 0.1) is 16.2 Å². The highest BCUT2D eigenvalue weighted by atomic mass is 35.5. The lowest BCUT2D eigenvalue weighted by molar-refractivity contribution is -0.384. The summed E-state index contributed by atoms with van der Waals surface area (Å²) < 4.78 is 0.851. The number of benzene rings is 1. The quantitative estimate of drug-likeness (QED) is 0.531. The van der Waals surface area contributed by atoms with E-state index >= 15 is 0 Å². The minimum absolute atomic E-state index is 0.00790. The van der Waals surface area contributed by atoms with Gasteiger partial charge in [-0.25, -0.2) is 9.36 Å². The summed E-state index contributed by atoms with van der Waals surface area (Å²) in [6.07, 6.45) is 1.08. The molecule has 0 saturated heterocycles. The highest BCUT2D eigenvalue weighted by Crippen LogP contribution is 2.15. The molecule has 0 spiro atoms. The topological polar surface area (TPSA) is 98.0 Å². The van der Waals surface area contributed by atoms with Gasteiger partial charge in [0, 0.05) is 12.1 Å². The Kier molecular flexibility index (Phi) is 4.23. The molecule has 1 aromatic heterocycles. The van der Waals surface area contributed by atoms with Crippen molar-refractivity contribution in [2.24, 2.45) is 0 Å². The molecule has 21 heavy (non-hydrogen) atoms. The van der Waals surface area contributed by atoms with Crippen LogP contribution in [-0.2, 0) is 6.42 Å². The van der Waals surface area contributed by atoms with Crippen LogP contribution in [0.3, 0.4) is 0 Å². The highest BCUT2D eigenvalue weighted by molar-refractivity contribution is 6.30. The Labute approximate surface area is 124 Å². The van der Waals surface area contributed by atoms with E-state index in [-0.39, 0.29) is 22.1 Å². The molecule has 1 N–H and O–H groups in total. The van der Waals surface area contributed by atoms with Gasteiger partial charge in [-0.3, -0.25) is 19.9 Å². The fraction of sp³-hybridized carbons (Fsp3) is 0.231. The van der Waals surface area contributed by atoms with Crippen molar-refractivity contribution in [1.29, 1.82) is 0 Å². The SMILES string of the molecule is CCCc1c(Cl)[nH]c(=O)n(-c2cccc([N+](=O)[O-])c2)c1=O. The number of hydrogen-bond donors (Lipinski definition) is 1.